The van der Waals surface area contributed by atoms with Crippen LogP contribution >= 0.6 is 0 Å². The lowest BCUT2D eigenvalue weighted by molar-refractivity contribution is -0.145. The van der Waals surface area contributed by atoms with Crippen LogP contribution in [0.3, 0.4) is 0 Å². The first-order chi connectivity index (χ1) is 12.7. The molecule has 0 unspecified atom stereocenters. The van der Waals surface area contributed by atoms with E-state index in [1.165, 1.54) is 0 Å². The molecule has 0 aromatic carbocycles. The van der Waals surface area contributed by atoms with E-state index < -0.39 is 0 Å². The fourth-order valence-corrected chi connectivity index (χ4v) is 4.50. The smallest absolute Gasteiger partial charge is 0.320 e. The molecule has 148 valence electrons. The van der Waals surface area contributed by atoms with Crippen molar-refractivity contribution in [1.29, 1.82) is 0 Å². The molecule has 0 saturated carbocycles. The zero-order valence-electron chi connectivity index (χ0n) is 16.4. The van der Waals surface area contributed by atoms with E-state index in [0.717, 1.165) is 84.7 Å². The van der Waals surface area contributed by atoms with Gasteiger partial charge in [-0.15, -0.1) is 0 Å². The molecule has 3 rings (SSSR count). The Hall–Kier alpha value is -1.34. The van der Waals surface area contributed by atoms with Crippen molar-refractivity contribution in [3.63, 3.8) is 0 Å². The highest BCUT2D eigenvalue weighted by molar-refractivity contribution is 5.83. The number of piperidine rings is 1. The second kappa shape index (κ2) is 9.04. The van der Waals surface area contributed by atoms with Gasteiger partial charge in [-0.3, -0.25) is 9.69 Å². The summed E-state index contributed by atoms with van der Waals surface area (Å²) in [6.45, 7) is 11.0. The van der Waals surface area contributed by atoms with E-state index in [1.54, 1.807) is 0 Å². The van der Waals surface area contributed by atoms with Gasteiger partial charge in [0.1, 0.15) is 0 Å². The third-order valence-corrected chi connectivity index (χ3v) is 6.14. The zero-order chi connectivity index (χ0) is 18.5. The molecule has 3 aliphatic rings. The largest absolute Gasteiger partial charge is 0.381 e. The quantitative estimate of drug-likeness (QED) is 0.751. The summed E-state index contributed by atoms with van der Waals surface area (Å²) < 4.78 is 5.45. The van der Waals surface area contributed by atoms with E-state index in [9.17, 15) is 9.59 Å². The number of piperazine rings is 1. The number of rotatable bonds is 4. The van der Waals surface area contributed by atoms with Gasteiger partial charge in [0.15, 0.2) is 0 Å². The Bertz CT molecular complexity index is 483. The average Bonchev–Trinajstić information content (AvgIpc) is 2.70. The maximum atomic E-state index is 13.1. The molecule has 1 atom stereocenters. The molecule has 7 heteroatoms. The molecule has 0 spiro atoms. The molecule has 0 N–H and O–H groups in total. The molecule has 7 nitrogen and oxygen atoms in total. The molecule has 0 aromatic heterocycles. The summed E-state index contributed by atoms with van der Waals surface area (Å²) in [6, 6.07) is 0.482. The van der Waals surface area contributed by atoms with Crippen LogP contribution in [0.1, 0.15) is 39.5 Å². The van der Waals surface area contributed by atoms with Crippen LogP contribution in [0.15, 0.2) is 0 Å². The molecule has 3 aliphatic heterocycles. The van der Waals surface area contributed by atoms with Crippen LogP contribution in [0.25, 0.3) is 0 Å². The second-order valence-electron chi connectivity index (χ2n) is 7.51. The van der Waals surface area contributed by atoms with Crippen molar-refractivity contribution >= 4 is 11.9 Å². The van der Waals surface area contributed by atoms with Crippen molar-refractivity contribution in [1.82, 2.24) is 19.6 Å². The van der Waals surface area contributed by atoms with Crippen LogP contribution < -0.4 is 0 Å². The summed E-state index contributed by atoms with van der Waals surface area (Å²) in [6.07, 6.45) is 3.95. The number of likely N-dealkylation sites (tertiary alicyclic amines) is 1. The lowest BCUT2D eigenvalue weighted by Crippen LogP contribution is -2.61. The SMILES string of the molecule is CCN(CC)C(=O)N1CCN([C@H]2CCCN(C3CCOCC3)C2=O)CC1. The Labute approximate surface area is 157 Å². The summed E-state index contributed by atoms with van der Waals surface area (Å²) in [5.74, 6) is 0.298. The van der Waals surface area contributed by atoms with Crippen molar-refractivity contribution in [2.24, 2.45) is 0 Å². The van der Waals surface area contributed by atoms with Gasteiger partial charge < -0.3 is 19.4 Å². The predicted octanol–water partition coefficient (Wildman–Crippen LogP) is 1.24. The number of hydrogen-bond acceptors (Lipinski definition) is 4. The Kier molecular flexibility index (Phi) is 6.75. The number of hydrogen-bond donors (Lipinski definition) is 0. The molecule has 3 amide bonds. The minimum Gasteiger partial charge on any atom is -0.381 e. The van der Waals surface area contributed by atoms with Crippen LogP contribution in [0.5, 0.6) is 0 Å². The molecule has 3 saturated heterocycles. The monoisotopic (exact) mass is 366 g/mol. The van der Waals surface area contributed by atoms with E-state index in [4.69, 9.17) is 4.74 Å². The van der Waals surface area contributed by atoms with Gasteiger partial charge >= 0.3 is 6.03 Å². The summed E-state index contributed by atoms with van der Waals surface area (Å²) in [5.41, 5.74) is 0. The molecule has 0 bridgehead atoms. The van der Waals surface area contributed by atoms with Gasteiger partial charge in [0.2, 0.25) is 5.91 Å². The highest BCUT2D eigenvalue weighted by Crippen LogP contribution is 2.24. The van der Waals surface area contributed by atoms with Gasteiger partial charge in [0.25, 0.3) is 0 Å². The van der Waals surface area contributed by atoms with Gasteiger partial charge in [0.05, 0.1) is 6.04 Å². The molecular formula is C19H34N4O3. The van der Waals surface area contributed by atoms with E-state index >= 15 is 0 Å². The molecule has 26 heavy (non-hydrogen) atoms. The normalized spacial score (nSPS) is 26.2. The van der Waals surface area contributed by atoms with Crippen LogP contribution in [0, 0.1) is 0 Å². The third kappa shape index (κ3) is 4.14. The molecular weight excluding hydrogens is 332 g/mol. The van der Waals surface area contributed by atoms with Crippen LogP contribution in [0.4, 0.5) is 4.79 Å². The van der Waals surface area contributed by atoms with Gasteiger partial charge in [0, 0.05) is 65.1 Å². The minimum atomic E-state index is -0.00250. The average molecular weight is 367 g/mol. The summed E-state index contributed by atoms with van der Waals surface area (Å²) in [4.78, 5) is 33.8. The van der Waals surface area contributed by atoms with Crippen molar-refractivity contribution in [2.75, 3.05) is 59.0 Å². The molecule has 3 fully saturated rings. The third-order valence-electron chi connectivity index (χ3n) is 6.14. The Balaban J connectivity index is 1.55. The Morgan fingerprint density at radius 3 is 2.31 bits per heavy atom. The number of carbonyl (C=O) groups is 2. The maximum absolute atomic E-state index is 13.1. The van der Waals surface area contributed by atoms with Gasteiger partial charge in [-0.05, 0) is 39.5 Å². The van der Waals surface area contributed by atoms with Crippen molar-refractivity contribution in [3.8, 4) is 0 Å². The minimum absolute atomic E-state index is 0.00250. The van der Waals surface area contributed by atoms with Crippen LogP contribution in [-0.4, -0.2) is 103 Å². The lowest BCUT2D eigenvalue weighted by Gasteiger charge is -2.45. The van der Waals surface area contributed by atoms with Crippen molar-refractivity contribution in [2.45, 2.75) is 51.6 Å². The topological polar surface area (TPSA) is 56.3 Å². The zero-order valence-corrected chi connectivity index (χ0v) is 16.4. The Morgan fingerprint density at radius 1 is 1.04 bits per heavy atom. The Morgan fingerprint density at radius 2 is 1.69 bits per heavy atom. The van der Waals surface area contributed by atoms with E-state index in [2.05, 4.69) is 9.80 Å². The van der Waals surface area contributed by atoms with Gasteiger partial charge in [-0.2, -0.15) is 0 Å². The number of amides is 3. The fraction of sp³-hybridized carbons (Fsp3) is 0.895. The summed E-state index contributed by atoms with van der Waals surface area (Å²) in [5, 5.41) is 0. The van der Waals surface area contributed by atoms with Gasteiger partial charge in [-0.25, -0.2) is 4.79 Å². The first-order valence-corrected chi connectivity index (χ1v) is 10.3. The van der Waals surface area contributed by atoms with Crippen molar-refractivity contribution in [3.05, 3.63) is 0 Å². The molecule has 0 aromatic rings. The molecule has 0 radical (unpaired) electrons. The second-order valence-corrected chi connectivity index (χ2v) is 7.51. The van der Waals surface area contributed by atoms with Crippen LogP contribution in [-0.2, 0) is 9.53 Å². The fourth-order valence-electron chi connectivity index (χ4n) is 4.50. The van der Waals surface area contributed by atoms with E-state index in [1.807, 2.05) is 23.6 Å². The number of urea groups is 1. The maximum Gasteiger partial charge on any atom is 0.320 e. The summed E-state index contributed by atoms with van der Waals surface area (Å²) in [7, 11) is 0. The first kappa shape index (κ1) is 19.4. The van der Waals surface area contributed by atoms with Crippen molar-refractivity contribution < 1.29 is 14.3 Å². The predicted molar refractivity (Wildman–Crippen MR) is 100 cm³/mol. The lowest BCUT2D eigenvalue weighted by atomic mass is 9.97. The van der Waals surface area contributed by atoms with Gasteiger partial charge in [-0.1, -0.05) is 0 Å². The number of ether oxygens (including phenoxy) is 1. The highest BCUT2D eigenvalue weighted by Gasteiger charge is 2.38. The standard InChI is InChI=1S/C19H34N4O3/c1-3-20(4-2)19(25)22-12-10-21(11-13-22)17-6-5-9-23(18(17)24)16-7-14-26-15-8-16/h16-17H,3-15H2,1-2H3/t17-/m0/s1. The highest BCUT2D eigenvalue weighted by atomic mass is 16.5. The molecule has 3 heterocycles. The number of nitrogens with zero attached hydrogens (tertiary/aromatic N) is 4. The molecule has 0 aliphatic carbocycles. The van der Waals surface area contributed by atoms with E-state index in [0.29, 0.717) is 11.9 Å². The van der Waals surface area contributed by atoms with Crippen LogP contribution in [0.2, 0.25) is 0 Å². The number of carbonyl (C=O) groups excluding carboxylic acids is 2. The summed E-state index contributed by atoms with van der Waals surface area (Å²) >= 11 is 0. The first-order valence-electron chi connectivity index (χ1n) is 10.3. The van der Waals surface area contributed by atoms with E-state index in [-0.39, 0.29) is 12.1 Å².